The molecule has 0 saturated heterocycles. The van der Waals surface area contributed by atoms with Crippen LogP contribution in [0.25, 0.3) is 0 Å². The van der Waals surface area contributed by atoms with Crippen LogP contribution in [-0.4, -0.2) is 16.1 Å². The summed E-state index contributed by atoms with van der Waals surface area (Å²) in [6, 6.07) is 0. The van der Waals surface area contributed by atoms with E-state index >= 15 is 0 Å². The number of imidazole rings is 1. The number of nitrogens with one attached hydrogen (secondary N) is 1. The molecule has 0 aliphatic carbocycles. The van der Waals surface area contributed by atoms with Crippen LogP contribution in [0.15, 0.2) is 12.4 Å². The SMILES string of the molecule is CCCNc1nccn1CC(C)(C)C. The highest BCUT2D eigenvalue weighted by Crippen LogP contribution is 2.18. The average molecular weight is 195 g/mol. The second-order valence-electron chi connectivity index (χ2n) is 4.87. The van der Waals surface area contributed by atoms with E-state index in [0.717, 1.165) is 25.5 Å². The Hall–Kier alpha value is -0.990. The van der Waals surface area contributed by atoms with E-state index in [0.29, 0.717) is 5.41 Å². The van der Waals surface area contributed by atoms with Crippen molar-refractivity contribution in [1.82, 2.24) is 9.55 Å². The summed E-state index contributed by atoms with van der Waals surface area (Å²) in [6.45, 7) is 10.8. The zero-order valence-electron chi connectivity index (χ0n) is 9.67. The summed E-state index contributed by atoms with van der Waals surface area (Å²) in [6.07, 6.45) is 5.01. The van der Waals surface area contributed by atoms with Gasteiger partial charge in [0.25, 0.3) is 0 Å². The Kier molecular flexibility index (Phi) is 3.55. The molecule has 1 heterocycles. The van der Waals surface area contributed by atoms with E-state index in [9.17, 15) is 0 Å². The molecule has 0 spiro atoms. The van der Waals surface area contributed by atoms with Gasteiger partial charge < -0.3 is 9.88 Å². The predicted octanol–water partition coefficient (Wildman–Crippen LogP) is 2.75. The normalized spacial score (nSPS) is 11.7. The van der Waals surface area contributed by atoms with Crippen molar-refractivity contribution in [3.05, 3.63) is 12.4 Å². The maximum absolute atomic E-state index is 4.29. The van der Waals surface area contributed by atoms with Gasteiger partial charge in [0.1, 0.15) is 0 Å². The molecular weight excluding hydrogens is 174 g/mol. The van der Waals surface area contributed by atoms with Crippen LogP contribution in [-0.2, 0) is 6.54 Å². The third-order valence-corrected chi connectivity index (χ3v) is 1.89. The summed E-state index contributed by atoms with van der Waals surface area (Å²) in [5.41, 5.74) is 0.295. The van der Waals surface area contributed by atoms with Crippen molar-refractivity contribution in [3.63, 3.8) is 0 Å². The zero-order valence-corrected chi connectivity index (χ0v) is 9.67. The third kappa shape index (κ3) is 3.40. The Bertz CT molecular complexity index is 270. The van der Waals surface area contributed by atoms with Gasteiger partial charge in [0.15, 0.2) is 0 Å². The molecule has 1 aromatic rings. The first-order valence-electron chi connectivity index (χ1n) is 5.28. The fraction of sp³-hybridized carbons (Fsp3) is 0.727. The summed E-state index contributed by atoms with van der Waals surface area (Å²) in [5.74, 6) is 0.988. The molecule has 0 unspecified atom stereocenters. The van der Waals surface area contributed by atoms with E-state index < -0.39 is 0 Å². The predicted molar refractivity (Wildman–Crippen MR) is 60.5 cm³/mol. The number of anilines is 1. The van der Waals surface area contributed by atoms with Crippen LogP contribution in [0.4, 0.5) is 5.95 Å². The lowest BCUT2D eigenvalue weighted by molar-refractivity contribution is 0.345. The summed E-state index contributed by atoms with van der Waals surface area (Å²) < 4.78 is 2.18. The molecule has 14 heavy (non-hydrogen) atoms. The molecule has 1 rings (SSSR count). The standard InChI is InChI=1S/C11H21N3/c1-5-6-12-10-13-7-8-14(10)9-11(2,3)4/h7-8H,5-6,9H2,1-4H3,(H,12,13). The van der Waals surface area contributed by atoms with Gasteiger partial charge in [0.2, 0.25) is 5.95 Å². The molecule has 0 fully saturated rings. The lowest BCUT2D eigenvalue weighted by Crippen LogP contribution is -2.17. The van der Waals surface area contributed by atoms with Gasteiger partial charge in [-0.2, -0.15) is 0 Å². The second kappa shape index (κ2) is 4.49. The monoisotopic (exact) mass is 195 g/mol. The maximum atomic E-state index is 4.29. The molecule has 0 aliphatic heterocycles. The van der Waals surface area contributed by atoms with Crippen LogP contribution in [0.2, 0.25) is 0 Å². The number of nitrogens with zero attached hydrogens (tertiary/aromatic N) is 2. The minimum atomic E-state index is 0.295. The van der Waals surface area contributed by atoms with Crippen molar-refractivity contribution >= 4 is 5.95 Å². The van der Waals surface area contributed by atoms with Gasteiger partial charge in [0.05, 0.1) is 0 Å². The van der Waals surface area contributed by atoms with Crippen molar-refractivity contribution in [3.8, 4) is 0 Å². The molecule has 0 aromatic carbocycles. The first kappa shape index (κ1) is 11.1. The van der Waals surface area contributed by atoms with Gasteiger partial charge in [-0.1, -0.05) is 27.7 Å². The van der Waals surface area contributed by atoms with E-state index in [2.05, 4.69) is 42.6 Å². The molecule has 1 N–H and O–H groups in total. The molecule has 0 amide bonds. The minimum absolute atomic E-state index is 0.295. The highest BCUT2D eigenvalue weighted by molar-refractivity contribution is 5.25. The van der Waals surface area contributed by atoms with Gasteiger partial charge >= 0.3 is 0 Å². The first-order chi connectivity index (χ1) is 6.53. The number of aromatic nitrogens is 2. The number of hydrogen-bond acceptors (Lipinski definition) is 2. The molecule has 0 radical (unpaired) electrons. The van der Waals surface area contributed by atoms with Crippen LogP contribution in [0.3, 0.4) is 0 Å². The van der Waals surface area contributed by atoms with E-state index in [1.165, 1.54) is 0 Å². The molecule has 3 nitrogen and oxygen atoms in total. The van der Waals surface area contributed by atoms with E-state index in [4.69, 9.17) is 0 Å². The molecule has 3 heteroatoms. The Morgan fingerprint density at radius 2 is 2.14 bits per heavy atom. The Morgan fingerprint density at radius 1 is 1.43 bits per heavy atom. The smallest absolute Gasteiger partial charge is 0.202 e. The second-order valence-corrected chi connectivity index (χ2v) is 4.87. The van der Waals surface area contributed by atoms with Gasteiger partial charge in [0, 0.05) is 25.5 Å². The fourth-order valence-electron chi connectivity index (χ4n) is 1.35. The zero-order chi connectivity index (χ0) is 10.6. The molecule has 0 bridgehead atoms. The Morgan fingerprint density at radius 3 is 2.71 bits per heavy atom. The van der Waals surface area contributed by atoms with Crippen LogP contribution in [0.5, 0.6) is 0 Å². The van der Waals surface area contributed by atoms with Gasteiger partial charge in [-0.05, 0) is 11.8 Å². The molecule has 80 valence electrons. The average Bonchev–Trinajstić information content (AvgIpc) is 2.45. The highest BCUT2D eigenvalue weighted by atomic mass is 15.2. The van der Waals surface area contributed by atoms with Crippen LogP contribution in [0, 0.1) is 5.41 Å². The summed E-state index contributed by atoms with van der Waals surface area (Å²) in [5, 5.41) is 3.32. The molecular formula is C11H21N3. The Labute approximate surface area is 86.5 Å². The molecule has 0 aliphatic rings. The minimum Gasteiger partial charge on any atom is -0.356 e. The quantitative estimate of drug-likeness (QED) is 0.800. The van der Waals surface area contributed by atoms with Crippen molar-refractivity contribution in [2.45, 2.75) is 40.7 Å². The van der Waals surface area contributed by atoms with Crippen molar-refractivity contribution in [1.29, 1.82) is 0 Å². The van der Waals surface area contributed by atoms with Gasteiger partial charge in [-0.25, -0.2) is 4.98 Å². The maximum Gasteiger partial charge on any atom is 0.202 e. The van der Waals surface area contributed by atoms with Gasteiger partial charge in [-0.3, -0.25) is 0 Å². The number of rotatable bonds is 4. The highest BCUT2D eigenvalue weighted by Gasteiger charge is 2.13. The van der Waals surface area contributed by atoms with Crippen LogP contribution in [0.1, 0.15) is 34.1 Å². The summed E-state index contributed by atoms with van der Waals surface area (Å²) in [7, 11) is 0. The summed E-state index contributed by atoms with van der Waals surface area (Å²) in [4.78, 5) is 4.29. The molecule has 1 aromatic heterocycles. The number of hydrogen-bond donors (Lipinski definition) is 1. The van der Waals surface area contributed by atoms with Crippen molar-refractivity contribution in [2.75, 3.05) is 11.9 Å². The van der Waals surface area contributed by atoms with Gasteiger partial charge in [-0.15, -0.1) is 0 Å². The Balaban J connectivity index is 2.63. The fourth-order valence-corrected chi connectivity index (χ4v) is 1.35. The van der Waals surface area contributed by atoms with Crippen LogP contribution >= 0.6 is 0 Å². The largest absolute Gasteiger partial charge is 0.356 e. The third-order valence-electron chi connectivity index (χ3n) is 1.89. The summed E-state index contributed by atoms with van der Waals surface area (Å²) >= 11 is 0. The van der Waals surface area contributed by atoms with Crippen molar-refractivity contribution in [2.24, 2.45) is 5.41 Å². The van der Waals surface area contributed by atoms with E-state index in [-0.39, 0.29) is 0 Å². The van der Waals surface area contributed by atoms with E-state index in [1.54, 1.807) is 0 Å². The first-order valence-corrected chi connectivity index (χ1v) is 5.28. The van der Waals surface area contributed by atoms with Crippen molar-refractivity contribution < 1.29 is 0 Å². The lowest BCUT2D eigenvalue weighted by atomic mass is 9.97. The molecule has 0 atom stereocenters. The van der Waals surface area contributed by atoms with E-state index in [1.807, 2.05) is 12.4 Å². The molecule has 0 saturated carbocycles. The topological polar surface area (TPSA) is 29.9 Å². The van der Waals surface area contributed by atoms with Crippen LogP contribution < -0.4 is 5.32 Å². The lowest BCUT2D eigenvalue weighted by Gasteiger charge is -2.20.